The lowest BCUT2D eigenvalue weighted by atomic mass is 10.1. The van der Waals surface area contributed by atoms with E-state index in [4.69, 9.17) is 0 Å². The van der Waals surface area contributed by atoms with E-state index in [1.807, 2.05) is 0 Å². The molecule has 0 spiro atoms. The van der Waals surface area contributed by atoms with Crippen molar-refractivity contribution in [2.24, 2.45) is 0 Å². The predicted molar refractivity (Wildman–Crippen MR) is 52.2 cm³/mol. The maximum atomic E-state index is 13.6. The topological polar surface area (TPSA) is 77.5 Å². The summed E-state index contributed by atoms with van der Waals surface area (Å²) in [5.74, 6) is -13.9. The highest BCUT2D eigenvalue weighted by Gasteiger charge is 2.35. The summed E-state index contributed by atoms with van der Waals surface area (Å²) < 4.78 is 54.0. The van der Waals surface area contributed by atoms with Crippen LogP contribution in [0.4, 0.5) is 23.2 Å². The molecule has 0 unspecified atom stereocenters. The molecule has 1 aromatic rings. The number of benzene rings is 1. The van der Waals surface area contributed by atoms with Crippen LogP contribution in [0.25, 0.3) is 0 Å². The van der Waals surface area contributed by atoms with E-state index in [1.165, 1.54) is 0 Å². The minimum atomic E-state index is -2.48. The summed E-state index contributed by atoms with van der Waals surface area (Å²) in [4.78, 5) is 32.8. The first kappa shape index (κ1) is 13.7. The molecule has 1 aliphatic rings. The molecule has 2 rings (SSSR count). The van der Waals surface area contributed by atoms with E-state index in [0.717, 1.165) is 0 Å². The van der Waals surface area contributed by atoms with Gasteiger partial charge < -0.3 is 9.90 Å². The molecule has 2 amide bonds. The first-order valence-electron chi connectivity index (χ1n) is 4.90. The molecule has 0 bridgehead atoms. The first-order chi connectivity index (χ1) is 9.27. The quantitative estimate of drug-likeness (QED) is 0.437. The second-order valence-corrected chi connectivity index (χ2v) is 3.61. The standard InChI is InChI=1S/C11H3F4NO4/c12-6-5(11(19)20)7(13)9(15)10(8(6)14)16-3(17)1-2-4(16)18/h1-2H,(H,19,20)/p-1. The number of nitrogens with zero attached hydrogens (tertiary/aromatic N) is 1. The number of carbonyl (C=O) groups is 3. The smallest absolute Gasteiger partial charge is 0.258 e. The maximum Gasteiger partial charge on any atom is 0.258 e. The second-order valence-electron chi connectivity index (χ2n) is 3.61. The molecule has 5 nitrogen and oxygen atoms in total. The van der Waals surface area contributed by atoms with Gasteiger partial charge in [-0.3, -0.25) is 9.59 Å². The van der Waals surface area contributed by atoms with Crippen LogP contribution >= 0.6 is 0 Å². The summed E-state index contributed by atoms with van der Waals surface area (Å²) in [6, 6.07) is 0. The Morgan fingerprint density at radius 1 is 0.900 bits per heavy atom. The van der Waals surface area contributed by atoms with Gasteiger partial charge in [0, 0.05) is 12.2 Å². The van der Waals surface area contributed by atoms with Crippen LogP contribution in [0.15, 0.2) is 12.2 Å². The number of halogens is 4. The van der Waals surface area contributed by atoms with Gasteiger partial charge in [0.15, 0.2) is 23.3 Å². The van der Waals surface area contributed by atoms with Crippen LogP contribution in [-0.4, -0.2) is 17.8 Å². The van der Waals surface area contributed by atoms with Crippen molar-refractivity contribution >= 4 is 23.5 Å². The number of carboxylic acid groups (broad SMARTS) is 1. The highest BCUT2D eigenvalue weighted by molar-refractivity contribution is 6.28. The molecule has 0 aromatic heterocycles. The molecule has 0 radical (unpaired) electrons. The predicted octanol–water partition coefficient (Wildman–Crippen LogP) is 0.0359. The number of anilines is 1. The Morgan fingerprint density at radius 2 is 1.30 bits per heavy atom. The summed E-state index contributed by atoms with van der Waals surface area (Å²) in [6.45, 7) is 0. The molecular weight excluding hydrogens is 286 g/mol. The normalized spacial score (nSPS) is 14.3. The molecule has 0 aliphatic carbocycles. The summed E-state index contributed by atoms with van der Waals surface area (Å²) in [5.41, 5.74) is -3.58. The van der Waals surface area contributed by atoms with Crippen LogP contribution in [0, 0.1) is 23.3 Å². The molecular formula is C11H2F4NO4-. The Kier molecular flexibility index (Phi) is 3.04. The number of hydrogen-bond donors (Lipinski definition) is 0. The van der Waals surface area contributed by atoms with E-state index < -0.39 is 52.3 Å². The molecule has 104 valence electrons. The van der Waals surface area contributed by atoms with Gasteiger partial charge in [0.05, 0.1) is 11.5 Å². The van der Waals surface area contributed by atoms with E-state index in [-0.39, 0.29) is 4.90 Å². The average molecular weight is 288 g/mol. The molecule has 0 saturated heterocycles. The second kappa shape index (κ2) is 4.44. The molecule has 20 heavy (non-hydrogen) atoms. The third-order valence-electron chi connectivity index (χ3n) is 2.48. The molecule has 0 atom stereocenters. The zero-order valence-electron chi connectivity index (χ0n) is 9.25. The van der Waals surface area contributed by atoms with Crippen LogP contribution in [-0.2, 0) is 9.59 Å². The number of carboxylic acids is 1. The number of imide groups is 1. The number of hydrogen-bond acceptors (Lipinski definition) is 4. The fourth-order valence-electron chi connectivity index (χ4n) is 1.62. The average Bonchev–Trinajstić information content (AvgIpc) is 2.68. The fourth-order valence-corrected chi connectivity index (χ4v) is 1.62. The summed E-state index contributed by atoms with van der Waals surface area (Å²) in [6.07, 6.45) is 1.26. The van der Waals surface area contributed by atoms with Crippen molar-refractivity contribution in [1.82, 2.24) is 0 Å². The maximum absolute atomic E-state index is 13.6. The van der Waals surface area contributed by atoms with Crippen molar-refractivity contribution in [3.05, 3.63) is 41.0 Å². The minimum Gasteiger partial charge on any atom is -0.545 e. The lowest BCUT2D eigenvalue weighted by molar-refractivity contribution is -0.255. The SMILES string of the molecule is O=C([O-])c1c(F)c(F)c(N2C(=O)C=CC2=O)c(F)c1F. The van der Waals surface area contributed by atoms with Gasteiger partial charge in [-0.1, -0.05) is 0 Å². The van der Waals surface area contributed by atoms with Gasteiger partial charge in [-0.05, 0) is 0 Å². The minimum absolute atomic E-state index is 0.157. The zero-order valence-corrected chi connectivity index (χ0v) is 9.25. The lowest BCUT2D eigenvalue weighted by Gasteiger charge is -2.18. The third-order valence-corrected chi connectivity index (χ3v) is 2.48. The van der Waals surface area contributed by atoms with Crippen LogP contribution < -0.4 is 10.0 Å². The van der Waals surface area contributed by atoms with Gasteiger partial charge in [-0.2, -0.15) is 0 Å². The van der Waals surface area contributed by atoms with Gasteiger partial charge in [0.1, 0.15) is 5.69 Å². The lowest BCUT2D eigenvalue weighted by Crippen LogP contribution is -2.33. The summed E-state index contributed by atoms with van der Waals surface area (Å²) in [7, 11) is 0. The number of amides is 2. The number of aromatic carboxylic acids is 1. The first-order valence-corrected chi connectivity index (χ1v) is 4.90. The largest absolute Gasteiger partial charge is 0.545 e. The van der Waals surface area contributed by atoms with Crippen molar-refractivity contribution in [3.8, 4) is 0 Å². The highest BCUT2D eigenvalue weighted by Crippen LogP contribution is 2.32. The van der Waals surface area contributed by atoms with Gasteiger partial charge in [0.2, 0.25) is 0 Å². The van der Waals surface area contributed by atoms with Gasteiger partial charge in [0.25, 0.3) is 11.8 Å². The Labute approximate surface area is 107 Å². The highest BCUT2D eigenvalue weighted by atomic mass is 19.2. The van der Waals surface area contributed by atoms with Crippen LogP contribution in [0.5, 0.6) is 0 Å². The number of rotatable bonds is 2. The van der Waals surface area contributed by atoms with E-state index >= 15 is 0 Å². The number of carbonyl (C=O) groups excluding carboxylic acids is 3. The molecule has 0 fully saturated rings. The van der Waals surface area contributed by atoms with Gasteiger partial charge in [-0.15, -0.1) is 0 Å². The van der Waals surface area contributed by atoms with Gasteiger partial charge in [-0.25, -0.2) is 22.5 Å². The zero-order chi connectivity index (χ0) is 15.2. The van der Waals surface area contributed by atoms with Crippen LogP contribution in [0.3, 0.4) is 0 Å². The van der Waals surface area contributed by atoms with Crippen LogP contribution in [0.2, 0.25) is 0 Å². The van der Waals surface area contributed by atoms with Crippen molar-refractivity contribution in [2.45, 2.75) is 0 Å². The monoisotopic (exact) mass is 288 g/mol. The van der Waals surface area contributed by atoms with E-state index in [2.05, 4.69) is 0 Å². The van der Waals surface area contributed by atoms with Gasteiger partial charge >= 0.3 is 0 Å². The Bertz CT molecular complexity index is 651. The van der Waals surface area contributed by atoms with Crippen molar-refractivity contribution in [2.75, 3.05) is 4.90 Å². The fraction of sp³-hybridized carbons (Fsp3) is 0. The molecule has 1 aromatic carbocycles. The van der Waals surface area contributed by atoms with E-state index in [9.17, 15) is 37.1 Å². The summed E-state index contributed by atoms with van der Waals surface area (Å²) in [5, 5.41) is 10.4. The Hall–Kier alpha value is -2.71. The van der Waals surface area contributed by atoms with E-state index in [1.54, 1.807) is 0 Å². The van der Waals surface area contributed by atoms with E-state index in [0.29, 0.717) is 12.2 Å². The van der Waals surface area contributed by atoms with Crippen molar-refractivity contribution < 1.29 is 37.1 Å². The third kappa shape index (κ3) is 1.75. The molecule has 1 heterocycles. The van der Waals surface area contributed by atoms with Crippen molar-refractivity contribution in [3.63, 3.8) is 0 Å². The summed E-state index contributed by atoms with van der Waals surface area (Å²) >= 11 is 0. The molecule has 0 N–H and O–H groups in total. The molecule has 1 aliphatic heterocycles. The Balaban J connectivity index is 2.77. The molecule has 9 heteroatoms. The Morgan fingerprint density at radius 3 is 1.65 bits per heavy atom. The van der Waals surface area contributed by atoms with Crippen LogP contribution in [0.1, 0.15) is 10.4 Å². The van der Waals surface area contributed by atoms with Crippen molar-refractivity contribution in [1.29, 1.82) is 0 Å². The molecule has 0 saturated carbocycles.